The minimum atomic E-state index is -0.843. The zero-order valence-corrected chi connectivity index (χ0v) is 12.8. The quantitative estimate of drug-likeness (QED) is 0.789. The first-order valence-electron chi connectivity index (χ1n) is 6.56. The molecule has 1 aromatic carbocycles. The van der Waals surface area contributed by atoms with Gasteiger partial charge in [-0.3, -0.25) is 4.79 Å². The smallest absolute Gasteiger partial charge is 0.254 e. The van der Waals surface area contributed by atoms with Gasteiger partial charge in [-0.25, -0.2) is 8.78 Å². The Bertz CT molecular complexity index is 489. The number of carbonyl (C=O) groups excluding carboxylic acids is 1. The van der Waals surface area contributed by atoms with E-state index in [0.717, 1.165) is 18.9 Å². The van der Waals surface area contributed by atoms with Crippen molar-refractivity contribution in [1.29, 1.82) is 0 Å². The van der Waals surface area contributed by atoms with E-state index >= 15 is 0 Å². The standard InChI is InChI=1S/C15H20ClF2NO/c1-10-7-11(13(18)8-12(10)17)14(20)19-9-15(2,3)5-4-6-16/h7-8H,4-6,9H2,1-3H3,(H,19,20). The summed E-state index contributed by atoms with van der Waals surface area (Å²) in [5.74, 6) is -1.45. The van der Waals surface area contributed by atoms with Gasteiger partial charge in [0.1, 0.15) is 11.6 Å². The molecule has 0 heterocycles. The molecule has 0 saturated carbocycles. The fourth-order valence-corrected chi connectivity index (χ4v) is 2.01. The summed E-state index contributed by atoms with van der Waals surface area (Å²) in [6.45, 7) is 5.92. The van der Waals surface area contributed by atoms with Gasteiger partial charge in [0.15, 0.2) is 0 Å². The molecule has 0 bridgehead atoms. The Labute approximate surface area is 123 Å². The lowest BCUT2D eigenvalue weighted by Crippen LogP contribution is -2.34. The summed E-state index contributed by atoms with van der Waals surface area (Å²) in [6.07, 6.45) is 1.72. The van der Waals surface area contributed by atoms with E-state index in [1.807, 2.05) is 13.8 Å². The molecule has 0 saturated heterocycles. The number of benzene rings is 1. The Morgan fingerprint density at radius 3 is 2.55 bits per heavy atom. The molecule has 20 heavy (non-hydrogen) atoms. The van der Waals surface area contributed by atoms with E-state index in [4.69, 9.17) is 11.6 Å². The fourth-order valence-electron chi connectivity index (χ4n) is 1.88. The minimum Gasteiger partial charge on any atom is -0.351 e. The number of amides is 1. The Hall–Kier alpha value is -1.16. The maximum absolute atomic E-state index is 13.6. The molecular formula is C15H20ClF2NO. The number of nitrogens with one attached hydrogen (secondary N) is 1. The summed E-state index contributed by atoms with van der Waals surface area (Å²) in [5, 5.41) is 2.69. The van der Waals surface area contributed by atoms with Crippen LogP contribution in [-0.2, 0) is 0 Å². The number of aryl methyl sites for hydroxylation is 1. The SMILES string of the molecule is Cc1cc(C(=O)NCC(C)(C)CCCCl)c(F)cc1F. The molecule has 0 radical (unpaired) electrons. The first-order valence-corrected chi connectivity index (χ1v) is 7.10. The lowest BCUT2D eigenvalue weighted by atomic mass is 9.88. The third-order valence-corrected chi connectivity index (χ3v) is 3.47. The molecule has 1 rings (SSSR count). The van der Waals surface area contributed by atoms with Crippen LogP contribution in [-0.4, -0.2) is 18.3 Å². The van der Waals surface area contributed by atoms with Crippen LogP contribution in [0.2, 0.25) is 0 Å². The van der Waals surface area contributed by atoms with Gasteiger partial charge in [-0.2, -0.15) is 0 Å². The molecule has 2 nitrogen and oxygen atoms in total. The topological polar surface area (TPSA) is 29.1 Å². The van der Waals surface area contributed by atoms with Gasteiger partial charge in [0.05, 0.1) is 5.56 Å². The maximum Gasteiger partial charge on any atom is 0.254 e. The molecule has 0 spiro atoms. The number of carbonyl (C=O) groups is 1. The van der Waals surface area contributed by atoms with Crippen LogP contribution in [0.15, 0.2) is 12.1 Å². The number of hydrogen-bond acceptors (Lipinski definition) is 1. The Balaban J connectivity index is 2.70. The van der Waals surface area contributed by atoms with Crippen LogP contribution in [0.4, 0.5) is 8.78 Å². The second kappa shape index (κ2) is 7.02. The maximum atomic E-state index is 13.6. The zero-order valence-electron chi connectivity index (χ0n) is 12.0. The van der Waals surface area contributed by atoms with Crippen LogP contribution < -0.4 is 5.32 Å². The van der Waals surface area contributed by atoms with E-state index in [1.165, 1.54) is 13.0 Å². The highest BCUT2D eigenvalue weighted by Crippen LogP contribution is 2.22. The largest absolute Gasteiger partial charge is 0.351 e. The summed E-state index contributed by atoms with van der Waals surface area (Å²) in [7, 11) is 0. The first-order chi connectivity index (χ1) is 9.26. The van der Waals surface area contributed by atoms with Gasteiger partial charge in [0.2, 0.25) is 0 Å². The van der Waals surface area contributed by atoms with Crippen LogP contribution in [0.3, 0.4) is 0 Å². The van der Waals surface area contributed by atoms with Gasteiger partial charge in [-0.1, -0.05) is 13.8 Å². The predicted octanol–water partition coefficient (Wildman–Crippen LogP) is 4.05. The molecule has 0 aliphatic heterocycles. The van der Waals surface area contributed by atoms with Gasteiger partial charge in [-0.15, -0.1) is 11.6 Å². The molecule has 0 aromatic heterocycles. The third kappa shape index (κ3) is 4.75. The highest BCUT2D eigenvalue weighted by molar-refractivity contribution is 6.17. The lowest BCUT2D eigenvalue weighted by molar-refractivity contribution is 0.0930. The summed E-state index contributed by atoms with van der Waals surface area (Å²) in [6, 6.07) is 1.97. The number of hydrogen-bond donors (Lipinski definition) is 1. The minimum absolute atomic E-state index is 0.115. The fraction of sp³-hybridized carbons (Fsp3) is 0.533. The van der Waals surface area contributed by atoms with Crippen LogP contribution >= 0.6 is 11.6 Å². The summed E-state index contributed by atoms with van der Waals surface area (Å²) in [5.41, 5.74) is 0.00539. The van der Waals surface area contributed by atoms with Gasteiger partial charge in [-0.05, 0) is 36.8 Å². The van der Waals surface area contributed by atoms with E-state index < -0.39 is 17.5 Å². The van der Waals surface area contributed by atoms with E-state index in [-0.39, 0.29) is 16.5 Å². The Morgan fingerprint density at radius 1 is 1.30 bits per heavy atom. The summed E-state index contributed by atoms with van der Waals surface area (Å²) >= 11 is 5.65. The predicted molar refractivity (Wildman–Crippen MR) is 77.2 cm³/mol. The van der Waals surface area contributed by atoms with Crippen molar-refractivity contribution >= 4 is 17.5 Å². The van der Waals surface area contributed by atoms with Crippen LogP contribution in [0.25, 0.3) is 0 Å². The second-order valence-electron chi connectivity index (χ2n) is 5.72. The van der Waals surface area contributed by atoms with E-state index in [2.05, 4.69) is 5.32 Å². The molecule has 0 unspecified atom stereocenters. The number of rotatable bonds is 6. The average molecular weight is 304 g/mol. The van der Waals surface area contributed by atoms with E-state index in [1.54, 1.807) is 0 Å². The highest BCUT2D eigenvalue weighted by atomic mass is 35.5. The first kappa shape index (κ1) is 16.9. The molecule has 1 amide bonds. The van der Waals surface area contributed by atoms with E-state index in [9.17, 15) is 13.6 Å². The second-order valence-corrected chi connectivity index (χ2v) is 6.10. The van der Waals surface area contributed by atoms with Crippen molar-refractivity contribution in [2.24, 2.45) is 5.41 Å². The van der Waals surface area contributed by atoms with Crippen molar-refractivity contribution in [3.05, 3.63) is 34.9 Å². The van der Waals surface area contributed by atoms with Gasteiger partial charge < -0.3 is 5.32 Å². The van der Waals surface area contributed by atoms with Crippen LogP contribution in [0.1, 0.15) is 42.6 Å². The molecule has 0 fully saturated rings. The Kier molecular flexibility index (Phi) is 5.93. The molecule has 112 valence electrons. The van der Waals surface area contributed by atoms with Crippen molar-refractivity contribution < 1.29 is 13.6 Å². The van der Waals surface area contributed by atoms with E-state index in [0.29, 0.717) is 12.4 Å². The monoisotopic (exact) mass is 303 g/mol. The molecule has 0 aliphatic carbocycles. The van der Waals surface area contributed by atoms with Crippen molar-refractivity contribution in [2.45, 2.75) is 33.6 Å². The molecule has 0 atom stereocenters. The molecule has 1 aromatic rings. The molecule has 1 N–H and O–H groups in total. The third-order valence-electron chi connectivity index (χ3n) is 3.21. The normalized spacial score (nSPS) is 11.5. The average Bonchev–Trinajstić information content (AvgIpc) is 2.38. The van der Waals surface area contributed by atoms with Gasteiger partial charge in [0, 0.05) is 18.5 Å². The summed E-state index contributed by atoms with van der Waals surface area (Å²) < 4.78 is 26.7. The van der Waals surface area contributed by atoms with Crippen LogP contribution in [0, 0.1) is 24.0 Å². The van der Waals surface area contributed by atoms with Crippen molar-refractivity contribution in [3.8, 4) is 0 Å². The van der Waals surface area contributed by atoms with Crippen molar-refractivity contribution in [2.75, 3.05) is 12.4 Å². The lowest BCUT2D eigenvalue weighted by Gasteiger charge is -2.24. The zero-order chi connectivity index (χ0) is 15.3. The van der Waals surface area contributed by atoms with Gasteiger partial charge >= 0.3 is 0 Å². The molecular weight excluding hydrogens is 284 g/mol. The molecule has 0 aliphatic rings. The summed E-state index contributed by atoms with van der Waals surface area (Å²) in [4.78, 5) is 11.9. The highest BCUT2D eigenvalue weighted by Gasteiger charge is 2.20. The van der Waals surface area contributed by atoms with Gasteiger partial charge in [0.25, 0.3) is 5.91 Å². The number of alkyl halides is 1. The molecule has 5 heteroatoms. The number of halogens is 3. The van der Waals surface area contributed by atoms with Crippen molar-refractivity contribution in [3.63, 3.8) is 0 Å². The van der Waals surface area contributed by atoms with Crippen LogP contribution in [0.5, 0.6) is 0 Å². The van der Waals surface area contributed by atoms with Crippen molar-refractivity contribution in [1.82, 2.24) is 5.32 Å². The Morgan fingerprint density at radius 2 is 1.95 bits per heavy atom.